The van der Waals surface area contributed by atoms with Crippen molar-refractivity contribution in [3.8, 4) is 5.75 Å². The second-order valence-electron chi connectivity index (χ2n) is 4.94. The zero-order chi connectivity index (χ0) is 15.6. The molecule has 0 atom stereocenters. The van der Waals surface area contributed by atoms with Crippen molar-refractivity contribution in [3.05, 3.63) is 29.3 Å². The number of hydrogen-bond donors (Lipinski definition) is 2. The predicted molar refractivity (Wildman–Crippen MR) is 85.6 cm³/mol. The van der Waals surface area contributed by atoms with Gasteiger partial charge in [-0.3, -0.25) is 4.90 Å². The number of rotatable bonds is 7. The van der Waals surface area contributed by atoms with E-state index in [0.29, 0.717) is 24.7 Å². The van der Waals surface area contributed by atoms with Gasteiger partial charge in [-0.2, -0.15) is 0 Å². The van der Waals surface area contributed by atoms with Gasteiger partial charge in [0, 0.05) is 31.2 Å². The van der Waals surface area contributed by atoms with Gasteiger partial charge in [0.25, 0.3) is 0 Å². The van der Waals surface area contributed by atoms with Crippen molar-refractivity contribution in [2.75, 3.05) is 52.5 Å². The van der Waals surface area contributed by atoms with Gasteiger partial charge in [-0.05, 0) is 24.3 Å². The summed E-state index contributed by atoms with van der Waals surface area (Å²) in [5.41, 5.74) is 0. The molecule has 0 unspecified atom stereocenters. The normalized spacial score (nSPS) is 15.3. The standard InChI is InChI=1S/C15H22ClN3O3/c16-13-1-3-14(4-2-13)22-10-6-18-15(20)17-5-7-19-8-11-21-12-9-19/h1-4H,5-12H2,(H2,17,18,20). The molecule has 0 aliphatic carbocycles. The highest BCUT2D eigenvalue weighted by Gasteiger charge is 2.09. The fourth-order valence-corrected chi connectivity index (χ4v) is 2.21. The van der Waals surface area contributed by atoms with Crippen molar-refractivity contribution in [1.82, 2.24) is 15.5 Å². The van der Waals surface area contributed by atoms with Crippen molar-refractivity contribution < 1.29 is 14.3 Å². The Balaban J connectivity index is 1.49. The molecule has 2 amide bonds. The lowest BCUT2D eigenvalue weighted by atomic mass is 10.3. The first-order chi connectivity index (χ1) is 10.7. The lowest BCUT2D eigenvalue weighted by Gasteiger charge is -2.26. The number of halogens is 1. The van der Waals surface area contributed by atoms with Crippen LogP contribution in [0.3, 0.4) is 0 Å². The van der Waals surface area contributed by atoms with Gasteiger partial charge < -0.3 is 20.1 Å². The van der Waals surface area contributed by atoms with E-state index in [1.807, 2.05) is 0 Å². The molecule has 1 fully saturated rings. The van der Waals surface area contributed by atoms with Gasteiger partial charge in [0.1, 0.15) is 12.4 Å². The molecule has 6 nitrogen and oxygen atoms in total. The predicted octanol–water partition coefficient (Wildman–Crippen LogP) is 1.35. The summed E-state index contributed by atoms with van der Waals surface area (Å²) in [4.78, 5) is 13.9. The Morgan fingerprint density at radius 2 is 1.86 bits per heavy atom. The van der Waals surface area contributed by atoms with E-state index in [1.165, 1.54) is 0 Å². The molecule has 1 aliphatic heterocycles. The van der Waals surface area contributed by atoms with Crippen LogP contribution >= 0.6 is 11.6 Å². The van der Waals surface area contributed by atoms with E-state index in [1.54, 1.807) is 24.3 Å². The fourth-order valence-electron chi connectivity index (χ4n) is 2.08. The molecule has 22 heavy (non-hydrogen) atoms. The molecule has 0 radical (unpaired) electrons. The number of urea groups is 1. The monoisotopic (exact) mass is 327 g/mol. The van der Waals surface area contributed by atoms with Crippen LogP contribution in [0.15, 0.2) is 24.3 Å². The van der Waals surface area contributed by atoms with Crippen molar-refractivity contribution >= 4 is 17.6 Å². The van der Waals surface area contributed by atoms with Crippen LogP contribution in [0.2, 0.25) is 5.02 Å². The topological polar surface area (TPSA) is 62.8 Å². The number of nitrogens with zero attached hydrogens (tertiary/aromatic N) is 1. The molecule has 2 N–H and O–H groups in total. The summed E-state index contributed by atoms with van der Waals surface area (Å²) in [6.07, 6.45) is 0. The summed E-state index contributed by atoms with van der Waals surface area (Å²) in [7, 11) is 0. The van der Waals surface area contributed by atoms with E-state index < -0.39 is 0 Å². The highest BCUT2D eigenvalue weighted by molar-refractivity contribution is 6.30. The SMILES string of the molecule is O=C(NCCOc1ccc(Cl)cc1)NCCN1CCOCC1. The summed E-state index contributed by atoms with van der Waals surface area (Å²) in [6.45, 7) is 5.74. The Morgan fingerprint density at radius 1 is 1.18 bits per heavy atom. The van der Waals surface area contributed by atoms with Gasteiger partial charge in [-0.15, -0.1) is 0 Å². The van der Waals surface area contributed by atoms with Crippen LogP contribution in [0, 0.1) is 0 Å². The Hall–Kier alpha value is -1.50. The second-order valence-corrected chi connectivity index (χ2v) is 5.38. The van der Waals surface area contributed by atoms with Crippen molar-refractivity contribution in [2.24, 2.45) is 0 Å². The largest absolute Gasteiger partial charge is 0.492 e. The van der Waals surface area contributed by atoms with Gasteiger partial charge in [-0.25, -0.2) is 4.79 Å². The number of morpholine rings is 1. The number of benzene rings is 1. The van der Waals surface area contributed by atoms with Gasteiger partial charge >= 0.3 is 6.03 Å². The first-order valence-corrected chi connectivity index (χ1v) is 7.82. The van der Waals surface area contributed by atoms with Crippen LogP contribution in [0.4, 0.5) is 4.79 Å². The van der Waals surface area contributed by atoms with E-state index in [2.05, 4.69) is 15.5 Å². The highest BCUT2D eigenvalue weighted by Crippen LogP contribution is 2.14. The molecule has 2 rings (SSSR count). The molecule has 0 bridgehead atoms. The minimum Gasteiger partial charge on any atom is -0.492 e. The van der Waals surface area contributed by atoms with E-state index in [-0.39, 0.29) is 6.03 Å². The van der Waals surface area contributed by atoms with Gasteiger partial charge in [-0.1, -0.05) is 11.6 Å². The molecule has 0 saturated carbocycles. The quantitative estimate of drug-likeness (QED) is 0.742. The van der Waals surface area contributed by atoms with E-state index in [9.17, 15) is 4.79 Å². The average molecular weight is 328 g/mol. The molecule has 1 heterocycles. The number of hydrogen-bond acceptors (Lipinski definition) is 4. The number of carbonyl (C=O) groups is 1. The minimum absolute atomic E-state index is 0.173. The average Bonchev–Trinajstić information content (AvgIpc) is 2.54. The van der Waals surface area contributed by atoms with Gasteiger partial charge in [0.15, 0.2) is 0 Å². The Morgan fingerprint density at radius 3 is 2.59 bits per heavy atom. The lowest BCUT2D eigenvalue weighted by Crippen LogP contribution is -2.44. The first-order valence-electron chi connectivity index (χ1n) is 7.44. The van der Waals surface area contributed by atoms with Gasteiger partial charge in [0.2, 0.25) is 0 Å². The molecule has 1 aliphatic rings. The molecule has 122 valence electrons. The van der Waals surface area contributed by atoms with E-state index >= 15 is 0 Å². The zero-order valence-electron chi connectivity index (χ0n) is 12.5. The summed E-state index contributed by atoms with van der Waals surface area (Å²) in [5, 5.41) is 6.26. The molecule has 1 saturated heterocycles. The molecule has 1 aromatic carbocycles. The number of amides is 2. The number of ether oxygens (including phenoxy) is 2. The maximum atomic E-state index is 11.6. The maximum absolute atomic E-state index is 11.6. The van der Waals surface area contributed by atoms with Crippen molar-refractivity contribution in [1.29, 1.82) is 0 Å². The molecular weight excluding hydrogens is 306 g/mol. The van der Waals surface area contributed by atoms with Crippen LogP contribution in [0.25, 0.3) is 0 Å². The zero-order valence-corrected chi connectivity index (χ0v) is 13.3. The summed E-state index contributed by atoms with van der Waals surface area (Å²) in [5.74, 6) is 0.735. The number of nitrogens with one attached hydrogen (secondary N) is 2. The lowest BCUT2D eigenvalue weighted by molar-refractivity contribution is 0.0387. The summed E-state index contributed by atoms with van der Waals surface area (Å²) in [6, 6.07) is 6.95. The van der Waals surface area contributed by atoms with Crippen LogP contribution < -0.4 is 15.4 Å². The summed E-state index contributed by atoms with van der Waals surface area (Å²) < 4.78 is 10.8. The third kappa shape index (κ3) is 6.51. The summed E-state index contributed by atoms with van der Waals surface area (Å²) >= 11 is 5.79. The van der Waals surface area contributed by atoms with E-state index in [0.717, 1.165) is 38.6 Å². The second kappa shape index (κ2) is 9.50. The van der Waals surface area contributed by atoms with E-state index in [4.69, 9.17) is 21.1 Å². The van der Waals surface area contributed by atoms with Crippen LogP contribution in [-0.4, -0.2) is 63.5 Å². The number of carbonyl (C=O) groups excluding carboxylic acids is 1. The molecular formula is C15H22ClN3O3. The Labute approximate surface area is 135 Å². The maximum Gasteiger partial charge on any atom is 0.314 e. The Kier molecular flexibility index (Phi) is 7.28. The van der Waals surface area contributed by atoms with Crippen LogP contribution in [-0.2, 0) is 4.74 Å². The smallest absolute Gasteiger partial charge is 0.314 e. The van der Waals surface area contributed by atoms with Crippen LogP contribution in [0.1, 0.15) is 0 Å². The third-order valence-corrected chi connectivity index (χ3v) is 3.54. The molecule has 0 aromatic heterocycles. The van der Waals surface area contributed by atoms with Crippen LogP contribution in [0.5, 0.6) is 5.75 Å². The first kappa shape index (κ1) is 16.9. The molecule has 0 spiro atoms. The third-order valence-electron chi connectivity index (χ3n) is 3.29. The van der Waals surface area contributed by atoms with Crippen molar-refractivity contribution in [2.45, 2.75) is 0 Å². The highest BCUT2D eigenvalue weighted by atomic mass is 35.5. The van der Waals surface area contributed by atoms with Gasteiger partial charge in [0.05, 0.1) is 19.8 Å². The molecule has 7 heteroatoms. The van der Waals surface area contributed by atoms with Crippen molar-refractivity contribution in [3.63, 3.8) is 0 Å². The molecule has 1 aromatic rings. The fraction of sp³-hybridized carbons (Fsp3) is 0.533. The minimum atomic E-state index is -0.173. The Bertz CT molecular complexity index is 450.